The molecular formula is C10H14N2O2. The molecule has 4 nitrogen and oxygen atoms in total. The van der Waals surface area contributed by atoms with Gasteiger partial charge in [0.15, 0.2) is 0 Å². The van der Waals surface area contributed by atoms with Crippen LogP contribution in [0.4, 0.5) is 0 Å². The van der Waals surface area contributed by atoms with Crippen LogP contribution in [0, 0.1) is 0 Å². The van der Waals surface area contributed by atoms with Gasteiger partial charge in [0.05, 0.1) is 6.54 Å². The van der Waals surface area contributed by atoms with E-state index in [1.165, 1.54) is 0 Å². The fourth-order valence-electron chi connectivity index (χ4n) is 1.23. The summed E-state index contributed by atoms with van der Waals surface area (Å²) in [6, 6.07) is 0. The topological polar surface area (TPSA) is 72.2 Å². The molecule has 0 radical (unpaired) electrons. The van der Waals surface area contributed by atoms with Crippen molar-refractivity contribution in [2.24, 2.45) is 5.73 Å². The molecule has 2 amide bonds. The van der Waals surface area contributed by atoms with Crippen molar-refractivity contribution in [3.05, 3.63) is 23.8 Å². The molecule has 76 valence electrons. The summed E-state index contributed by atoms with van der Waals surface area (Å²) >= 11 is 0. The van der Waals surface area contributed by atoms with E-state index in [9.17, 15) is 9.59 Å². The highest BCUT2D eigenvalue weighted by molar-refractivity contribution is 5.95. The molecule has 1 aliphatic carbocycles. The number of primary amides is 1. The molecule has 14 heavy (non-hydrogen) atoms. The van der Waals surface area contributed by atoms with E-state index in [0.29, 0.717) is 12.0 Å². The van der Waals surface area contributed by atoms with Gasteiger partial charge in [0.2, 0.25) is 11.8 Å². The summed E-state index contributed by atoms with van der Waals surface area (Å²) in [7, 11) is 0. The minimum atomic E-state index is -0.525. The van der Waals surface area contributed by atoms with Gasteiger partial charge in [0.25, 0.3) is 0 Å². The van der Waals surface area contributed by atoms with Crippen molar-refractivity contribution >= 4 is 11.8 Å². The number of nitrogens with two attached hydrogens (primary N) is 1. The van der Waals surface area contributed by atoms with Gasteiger partial charge in [-0.3, -0.25) is 9.59 Å². The van der Waals surface area contributed by atoms with Crippen LogP contribution in [0.1, 0.15) is 19.3 Å². The SMILES string of the molecule is NC(=O)CNC(=O)C1=CCCC=CC1. The van der Waals surface area contributed by atoms with Crippen molar-refractivity contribution in [1.82, 2.24) is 5.32 Å². The second-order valence-corrected chi connectivity index (χ2v) is 3.13. The highest BCUT2D eigenvalue weighted by Crippen LogP contribution is 2.10. The molecule has 1 rings (SSSR count). The monoisotopic (exact) mass is 194 g/mol. The lowest BCUT2D eigenvalue weighted by Gasteiger charge is -2.04. The van der Waals surface area contributed by atoms with Gasteiger partial charge in [-0.25, -0.2) is 0 Å². The van der Waals surface area contributed by atoms with Crippen LogP contribution in [-0.4, -0.2) is 18.4 Å². The maximum Gasteiger partial charge on any atom is 0.247 e. The van der Waals surface area contributed by atoms with Crippen LogP contribution in [0.3, 0.4) is 0 Å². The predicted molar refractivity (Wildman–Crippen MR) is 53.3 cm³/mol. The maximum absolute atomic E-state index is 11.4. The smallest absolute Gasteiger partial charge is 0.247 e. The van der Waals surface area contributed by atoms with Crippen molar-refractivity contribution in [3.8, 4) is 0 Å². The lowest BCUT2D eigenvalue weighted by atomic mass is 10.1. The number of hydrogen-bond acceptors (Lipinski definition) is 2. The highest BCUT2D eigenvalue weighted by Gasteiger charge is 2.09. The molecule has 0 aromatic carbocycles. The average molecular weight is 194 g/mol. The van der Waals surface area contributed by atoms with Crippen molar-refractivity contribution in [2.45, 2.75) is 19.3 Å². The number of carbonyl (C=O) groups is 2. The van der Waals surface area contributed by atoms with Crippen LogP contribution in [0.2, 0.25) is 0 Å². The van der Waals surface area contributed by atoms with Gasteiger partial charge in [-0.05, 0) is 19.3 Å². The zero-order chi connectivity index (χ0) is 10.4. The van der Waals surface area contributed by atoms with Crippen LogP contribution in [0.5, 0.6) is 0 Å². The quantitative estimate of drug-likeness (QED) is 0.632. The van der Waals surface area contributed by atoms with Gasteiger partial charge in [0, 0.05) is 5.57 Å². The number of nitrogens with one attached hydrogen (secondary N) is 1. The molecule has 0 saturated heterocycles. The zero-order valence-electron chi connectivity index (χ0n) is 7.95. The third-order valence-electron chi connectivity index (χ3n) is 1.94. The van der Waals surface area contributed by atoms with E-state index >= 15 is 0 Å². The molecule has 4 heteroatoms. The summed E-state index contributed by atoms with van der Waals surface area (Å²) in [4.78, 5) is 21.9. The Morgan fingerprint density at radius 1 is 1.36 bits per heavy atom. The fraction of sp³-hybridized carbons (Fsp3) is 0.400. The largest absolute Gasteiger partial charge is 0.368 e. The van der Waals surface area contributed by atoms with E-state index < -0.39 is 5.91 Å². The van der Waals surface area contributed by atoms with Crippen LogP contribution in [0.25, 0.3) is 0 Å². The minimum Gasteiger partial charge on any atom is -0.368 e. The molecule has 0 heterocycles. The molecule has 0 fully saturated rings. The Labute approximate surface area is 82.9 Å². The van der Waals surface area contributed by atoms with E-state index in [1.807, 2.05) is 18.2 Å². The molecule has 3 N–H and O–H groups in total. The summed E-state index contributed by atoms with van der Waals surface area (Å²) in [5.74, 6) is -0.724. The van der Waals surface area contributed by atoms with Crippen LogP contribution >= 0.6 is 0 Å². The van der Waals surface area contributed by atoms with Gasteiger partial charge in [-0.15, -0.1) is 0 Å². The first kappa shape index (κ1) is 10.5. The molecule has 0 saturated carbocycles. The molecule has 0 aliphatic heterocycles. The lowest BCUT2D eigenvalue weighted by molar-refractivity contribution is -0.122. The van der Waals surface area contributed by atoms with E-state index in [2.05, 4.69) is 5.32 Å². The molecule has 0 aromatic rings. The van der Waals surface area contributed by atoms with Gasteiger partial charge >= 0.3 is 0 Å². The Hall–Kier alpha value is -1.58. The van der Waals surface area contributed by atoms with Crippen molar-refractivity contribution in [3.63, 3.8) is 0 Å². The maximum atomic E-state index is 11.4. The normalized spacial score (nSPS) is 15.6. The summed E-state index contributed by atoms with van der Waals surface area (Å²) in [6.07, 6.45) is 8.37. The van der Waals surface area contributed by atoms with Crippen molar-refractivity contribution < 1.29 is 9.59 Å². The number of allylic oxidation sites excluding steroid dienone is 3. The van der Waals surface area contributed by atoms with Gasteiger partial charge in [-0.1, -0.05) is 18.2 Å². The number of amides is 2. The van der Waals surface area contributed by atoms with E-state index in [4.69, 9.17) is 5.73 Å². The molecular weight excluding hydrogens is 180 g/mol. The Kier molecular flexibility index (Phi) is 3.91. The van der Waals surface area contributed by atoms with Gasteiger partial charge < -0.3 is 11.1 Å². The standard InChI is InChI=1S/C10H14N2O2/c11-9(13)7-12-10(14)8-5-3-1-2-4-6-8/h1,3,6H,2,4-5,7H2,(H2,11,13)(H,12,14). The number of rotatable bonds is 3. The first-order chi connectivity index (χ1) is 6.70. The third-order valence-corrected chi connectivity index (χ3v) is 1.94. The second kappa shape index (κ2) is 5.21. The molecule has 0 atom stereocenters. The molecule has 0 unspecified atom stereocenters. The van der Waals surface area contributed by atoms with Gasteiger partial charge in [0.1, 0.15) is 0 Å². The van der Waals surface area contributed by atoms with Gasteiger partial charge in [-0.2, -0.15) is 0 Å². The Morgan fingerprint density at radius 2 is 2.14 bits per heavy atom. The Balaban J connectivity index is 2.46. The van der Waals surface area contributed by atoms with E-state index in [-0.39, 0.29) is 12.5 Å². The average Bonchev–Trinajstić information content (AvgIpc) is 2.42. The predicted octanol–water partition coefficient (Wildman–Crippen LogP) is 0.254. The number of hydrogen-bond donors (Lipinski definition) is 2. The third kappa shape index (κ3) is 3.43. The molecule has 0 aromatic heterocycles. The molecule has 0 spiro atoms. The first-order valence-corrected chi connectivity index (χ1v) is 4.60. The molecule has 0 bridgehead atoms. The second-order valence-electron chi connectivity index (χ2n) is 3.13. The summed E-state index contributed by atoms with van der Waals surface area (Å²) < 4.78 is 0. The van der Waals surface area contributed by atoms with Crippen molar-refractivity contribution in [1.29, 1.82) is 0 Å². The molecule has 1 aliphatic rings. The lowest BCUT2D eigenvalue weighted by Crippen LogP contribution is -2.34. The van der Waals surface area contributed by atoms with E-state index in [1.54, 1.807) is 0 Å². The Bertz CT molecular complexity index is 292. The minimum absolute atomic E-state index is 0.0973. The van der Waals surface area contributed by atoms with Crippen LogP contribution in [-0.2, 0) is 9.59 Å². The summed E-state index contributed by atoms with van der Waals surface area (Å²) in [5.41, 5.74) is 5.62. The van der Waals surface area contributed by atoms with Crippen LogP contribution < -0.4 is 11.1 Å². The summed E-state index contributed by atoms with van der Waals surface area (Å²) in [6.45, 7) is -0.0973. The Morgan fingerprint density at radius 3 is 2.86 bits per heavy atom. The zero-order valence-corrected chi connectivity index (χ0v) is 7.95. The number of carbonyl (C=O) groups excluding carboxylic acids is 2. The fourth-order valence-corrected chi connectivity index (χ4v) is 1.23. The first-order valence-electron chi connectivity index (χ1n) is 4.60. The summed E-state index contributed by atoms with van der Waals surface area (Å²) in [5, 5.41) is 2.46. The van der Waals surface area contributed by atoms with Crippen LogP contribution in [0.15, 0.2) is 23.8 Å². The highest BCUT2D eigenvalue weighted by atomic mass is 16.2. The van der Waals surface area contributed by atoms with Crippen molar-refractivity contribution in [2.75, 3.05) is 6.54 Å². The van der Waals surface area contributed by atoms with E-state index in [0.717, 1.165) is 12.8 Å².